The summed E-state index contributed by atoms with van der Waals surface area (Å²) < 4.78 is 9.54. The normalized spacial score (nSPS) is 11.0. The van der Waals surface area contributed by atoms with Gasteiger partial charge >= 0.3 is 0 Å². The van der Waals surface area contributed by atoms with Crippen LogP contribution in [0.2, 0.25) is 0 Å². The molecule has 27 heavy (non-hydrogen) atoms. The Morgan fingerprint density at radius 2 is 1.85 bits per heavy atom. The van der Waals surface area contributed by atoms with Crippen molar-refractivity contribution in [2.45, 2.75) is 13.2 Å². The fourth-order valence-corrected chi connectivity index (χ4v) is 3.50. The van der Waals surface area contributed by atoms with E-state index in [1.54, 1.807) is 22.6 Å². The van der Waals surface area contributed by atoms with E-state index in [2.05, 4.69) is 26.0 Å². The smallest absolute Gasteiger partial charge is 0.265 e. The first kappa shape index (κ1) is 17.5. The molecule has 0 saturated heterocycles. The Kier molecular flexibility index (Phi) is 4.77. The van der Waals surface area contributed by atoms with Crippen molar-refractivity contribution in [3.05, 3.63) is 87.0 Å². The number of halogens is 1. The Balaban J connectivity index is 1.56. The highest BCUT2D eigenvalue weighted by atomic mass is 79.9. The van der Waals surface area contributed by atoms with Gasteiger partial charge in [0.25, 0.3) is 5.56 Å². The minimum absolute atomic E-state index is 0.129. The van der Waals surface area contributed by atoms with Gasteiger partial charge in [0.15, 0.2) is 5.65 Å². The summed E-state index contributed by atoms with van der Waals surface area (Å²) in [7, 11) is 1.76. The summed E-state index contributed by atoms with van der Waals surface area (Å²) in [5.41, 5.74) is 2.50. The molecule has 0 amide bonds. The van der Waals surface area contributed by atoms with Gasteiger partial charge in [0, 0.05) is 7.05 Å². The van der Waals surface area contributed by atoms with Gasteiger partial charge in [0.2, 0.25) is 0 Å². The van der Waals surface area contributed by atoms with Crippen molar-refractivity contribution in [3.8, 4) is 5.75 Å². The zero-order valence-electron chi connectivity index (χ0n) is 14.7. The molecule has 0 aliphatic carbocycles. The first-order valence-electron chi connectivity index (χ1n) is 8.45. The topological polar surface area (TPSA) is 61.9 Å². The molecule has 6 nitrogen and oxygen atoms in total. The fourth-order valence-electron chi connectivity index (χ4n) is 2.92. The summed E-state index contributed by atoms with van der Waals surface area (Å²) in [4.78, 5) is 17.1. The van der Waals surface area contributed by atoms with Crippen molar-refractivity contribution in [2.75, 3.05) is 0 Å². The number of aryl methyl sites for hydroxylation is 1. The van der Waals surface area contributed by atoms with E-state index in [1.807, 2.05) is 54.6 Å². The number of aromatic nitrogens is 4. The van der Waals surface area contributed by atoms with E-state index in [-0.39, 0.29) is 5.56 Å². The van der Waals surface area contributed by atoms with Crippen LogP contribution in [-0.2, 0) is 20.2 Å². The Morgan fingerprint density at radius 3 is 2.67 bits per heavy atom. The number of rotatable bonds is 5. The molecule has 0 bridgehead atoms. The van der Waals surface area contributed by atoms with E-state index in [9.17, 15) is 4.79 Å². The van der Waals surface area contributed by atoms with Crippen molar-refractivity contribution < 1.29 is 4.74 Å². The highest BCUT2D eigenvalue weighted by Crippen LogP contribution is 2.18. The number of ether oxygens (including phenoxy) is 1. The zero-order valence-corrected chi connectivity index (χ0v) is 16.3. The molecule has 4 rings (SSSR count). The largest absolute Gasteiger partial charge is 0.489 e. The van der Waals surface area contributed by atoms with Crippen LogP contribution in [0.1, 0.15) is 11.1 Å². The number of benzene rings is 2. The second-order valence-electron chi connectivity index (χ2n) is 6.21. The Morgan fingerprint density at radius 1 is 1.07 bits per heavy atom. The third kappa shape index (κ3) is 3.64. The van der Waals surface area contributed by atoms with E-state index >= 15 is 0 Å². The maximum absolute atomic E-state index is 12.8. The fraction of sp³-hybridized carbons (Fsp3) is 0.150. The molecule has 0 fully saturated rings. The van der Waals surface area contributed by atoms with Crippen LogP contribution in [0, 0.1) is 0 Å². The molecule has 0 aliphatic rings. The predicted octanol–water partition coefficient (Wildman–Crippen LogP) is 3.52. The van der Waals surface area contributed by atoms with Gasteiger partial charge in [-0.05, 0) is 39.2 Å². The molecule has 2 heterocycles. The average molecular weight is 425 g/mol. The van der Waals surface area contributed by atoms with E-state index in [0.29, 0.717) is 28.8 Å². The molecule has 2 aromatic carbocycles. The molecule has 0 unspecified atom stereocenters. The minimum Gasteiger partial charge on any atom is -0.489 e. The molecule has 4 aromatic rings. The highest BCUT2D eigenvalue weighted by Gasteiger charge is 2.13. The van der Waals surface area contributed by atoms with Crippen molar-refractivity contribution in [2.24, 2.45) is 7.05 Å². The van der Waals surface area contributed by atoms with Gasteiger partial charge in [-0.3, -0.25) is 9.36 Å². The monoisotopic (exact) mass is 424 g/mol. The Hall–Kier alpha value is -2.93. The average Bonchev–Trinajstić information content (AvgIpc) is 2.98. The van der Waals surface area contributed by atoms with Crippen LogP contribution >= 0.6 is 15.9 Å². The van der Waals surface area contributed by atoms with Crippen LogP contribution in [0.5, 0.6) is 5.75 Å². The van der Waals surface area contributed by atoms with Gasteiger partial charge < -0.3 is 4.74 Å². The van der Waals surface area contributed by atoms with Crippen molar-refractivity contribution in [3.63, 3.8) is 0 Å². The summed E-state index contributed by atoms with van der Waals surface area (Å²) in [6.07, 6.45) is 1.55. The second kappa shape index (κ2) is 7.36. The predicted molar refractivity (Wildman–Crippen MR) is 107 cm³/mol. The molecule has 0 atom stereocenters. The second-order valence-corrected chi connectivity index (χ2v) is 6.96. The van der Waals surface area contributed by atoms with Crippen LogP contribution in [0.25, 0.3) is 11.0 Å². The maximum Gasteiger partial charge on any atom is 0.265 e. The minimum atomic E-state index is -0.129. The van der Waals surface area contributed by atoms with Crippen LogP contribution in [0.3, 0.4) is 0 Å². The SMILES string of the molecule is Cn1nc(Br)c2c(=O)n(Cc3cccc(OCc4ccccc4)c3)cnc21. The molecule has 0 radical (unpaired) electrons. The van der Waals surface area contributed by atoms with Crippen molar-refractivity contribution >= 4 is 27.0 Å². The first-order valence-corrected chi connectivity index (χ1v) is 9.24. The summed E-state index contributed by atoms with van der Waals surface area (Å²) in [5, 5.41) is 4.69. The zero-order chi connectivity index (χ0) is 18.8. The van der Waals surface area contributed by atoms with Crippen LogP contribution < -0.4 is 10.3 Å². The molecule has 0 aliphatic heterocycles. The first-order chi connectivity index (χ1) is 13.1. The van der Waals surface area contributed by atoms with Gasteiger partial charge in [-0.1, -0.05) is 42.5 Å². The van der Waals surface area contributed by atoms with E-state index in [0.717, 1.165) is 16.9 Å². The van der Waals surface area contributed by atoms with Crippen LogP contribution in [0.15, 0.2) is 70.3 Å². The molecule has 0 N–H and O–H groups in total. The van der Waals surface area contributed by atoms with E-state index < -0.39 is 0 Å². The third-order valence-electron chi connectivity index (χ3n) is 4.27. The Bertz CT molecular complexity index is 1150. The van der Waals surface area contributed by atoms with Crippen LogP contribution in [0.4, 0.5) is 0 Å². The number of hydrogen-bond donors (Lipinski definition) is 0. The van der Waals surface area contributed by atoms with Gasteiger partial charge in [0.05, 0.1) is 6.54 Å². The maximum atomic E-state index is 12.8. The van der Waals surface area contributed by atoms with Gasteiger partial charge in [0.1, 0.15) is 28.7 Å². The standard InChI is InChI=1S/C20H17BrN4O2/c1-24-19-17(18(21)23-24)20(26)25(13-22-19)11-15-8-5-9-16(10-15)27-12-14-6-3-2-4-7-14/h2-10,13H,11-12H2,1H3. The number of fused-ring (bicyclic) bond motifs is 1. The van der Waals surface area contributed by atoms with Gasteiger partial charge in [-0.25, -0.2) is 9.67 Å². The molecule has 136 valence electrons. The van der Waals surface area contributed by atoms with E-state index in [1.165, 1.54) is 0 Å². The highest BCUT2D eigenvalue weighted by molar-refractivity contribution is 9.10. The van der Waals surface area contributed by atoms with Crippen molar-refractivity contribution in [1.29, 1.82) is 0 Å². The molecule has 7 heteroatoms. The lowest BCUT2D eigenvalue weighted by molar-refractivity contribution is 0.306. The van der Waals surface area contributed by atoms with Crippen LogP contribution in [-0.4, -0.2) is 19.3 Å². The Labute approximate surface area is 164 Å². The molecule has 0 spiro atoms. The van der Waals surface area contributed by atoms with E-state index in [4.69, 9.17) is 4.74 Å². The molecule has 0 saturated carbocycles. The molecule has 2 aromatic heterocycles. The summed E-state index contributed by atoms with van der Waals surface area (Å²) in [6.45, 7) is 0.909. The van der Waals surface area contributed by atoms with Gasteiger partial charge in [-0.2, -0.15) is 5.10 Å². The molecular formula is C20H17BrN4O2. The summed E-state index contributed by atoms with van der Waals surface area (Å²) >= 11 is 3.34. The summed E-state index contributed by atoms with van der Waals surface area (Å²) in [6, 6.07) is 17.7. The lowest BCUT2D eigenvalue weighted by Crippen LogP contribution is -2.21. The lowest BCUT2D eigenvalue weighted by atomic mass is 10.2. The van der Waals surface area contributed by atoms with Gasteiger partial charge in [-0.15, -0.1) is 0 Å². The molecular weight excluding hydrogens is 408 g/mol. The lowest BCUT2D eigenvalue weighted by Gasteiger charge is -2.09. The quantitative estimate of drug-likeness (QED) is 0.491. The third-order valence-corrected chi connectivity index (χ3v) is 4.82. The number of hydrogen-bond acceptors (Lipinski definition) is 4. The van der Waals surface area contributed by atoms with Crippen molar-refractivity contribution in [1.82, 2.24) is 19.3 Å². The number of nitrogens with zero attached hydrogens (tertiary/aromatic N) is 4. The summed E-state index contributed by atoms with van der Waals surface area (Å²) in [5.74, 6) is 0.765.